The molecule has 0 saturated carbocycles. The van der Waals surface area contributed by atoms with E-state index in [1.807, 2.05) is 0 Å². The zero-order valence-corrected chi connectivity index (χ0v) is 8.47. The first-order valence-corrected chi connectivity index (χ1v) is 5.22. The highest BCUT2D eigenvalue weighted by Gasteiger charge is 2.18. The lowest BCUT2D eigenvalue weighted by atomic mass is 10.2. The van der Waals surface area contributed by atoms with Gasteiger partial charge in [0.1, 0.15) is 4.90 Å². The molecule has 86 valence electrons. The lowest BCUT2D eigenvalue weighted by Crippen LogP contribution is -2.12. The average molecular weight is 246 g/mol. The molecule has 0 unspecified atom stereocenters. The van der Waals surface area contributed by atoms with Crippen LogP contribution in [0.4, 0.5) is 5.69 Å². The summed E-state index contributed by atoms with van der Waals surface area (Å²) >= 11 is 0. The minimum absolute atomic E-state index is 0.373. The van der Waals surface area contributed by atoms with Gasteiger partial charge in [0.2, 0.25) is 5.91 Å². The average Bonchev–Trinajstić information content (AvgIpc) is 2.15. The zero-order valence-electron chi connectivity index (χ0n) is 7.65. The Balaban J connectivity index is 3.54. The van der Waals surface area contributed by atoms with Crippen molar-refractivity contribution in [3.8, 4) is 0 Å². The molecular formula is C7H6N2O6S. The maximum absolute atomic E-state index is 10.8. The fraction of sp³-hybridized carbons (Fsp3) is 0. The molecule has 0 aliphatic heterocycles. The van der Waals surface area contributed by atoms with Gasteiger partial charge in [0.25, 0.3) is 15.8 Å². The summed E-state index contributed by atoms with van der Waals surface area (Å²) in [6.07, 6.45) is 0. The van der Waals surface area contributed by atoms with Crippen molar-refractivity contribution in [1.29, 1.82) is 0 Å². The number of primary amides is 1. The van der Waals surface area contributed by atoms with Crippen LogP contribution >= 0.6 is 0 Å². The van der Waals surface area contributed by atoms with E-state index in [2.05, 4.69) is 0 Å². The second-order valence-electron chi connectivity index (χ2n) is 2.81. The Bertz CT molecular complexity index is 532. The van der Waals surface area contributed by atoms with Crippen molar-refractivity contribution in [2.24, 2.45) is 5.73 Å². The van der Waals surface area contributed by atoms with Crippen LogP contribution in [-0.4, -0.2) is 23.8 Å². The first-order valence-electron chi connectivity index (χ1n) is 3.78. The number of hydrogen-bond acceptors (Lipinski definition) is 5. The van der Waals surface area contributed by atoms with Gasteiger partial charge in [-0.1, -0.05) is 0 Å². The minimum Gasteiger partial charge on any atom is -0.366 e. The number of carbonyl (C=O) groups is 1. The summed E-state index contributed by atoms with van der Waals surface area (Å²) < 4.78 is 30.2. The summed E-state index contributed by atoms with van der Waals surface area (Å²) in [7, 11) is -4.63. The summed E-state index contributed by atoms with van der Waals surface area (Å²) in [5, 5.41) is 10.4. The number of carbonyl (C=O) groups excluding carboxylic acids is 1. The van der Waals surface area contributed by atoms with Gasteiger partial charge in [-0.3, -0.25) is 19.5 Å². The Morgan fingerprint density at radius 2 is 1.94 bits per heavy atom. The number of hydrogen-bond donors (Lipinski definition) is 2. The molecule has 1 aromatic rings. The van der Waals surface area contributed by atoms with Gasteiger partial charge in [0.05, 0.1) is 4.92 Å². The van der Waals surface area contributed by atoms with Crippen molar-refractivity contribution in [2.45, 2.75) is 4.90 Å². The fourth-order valence-electron chi connectivity index (χ4n) is 0.980. The van der Waals surface area contributed by atoms with E-state index in [0.717, 1.165) is 12.1 Å². The van der Waals surface area contributed by atoms with E-state index in [4.69, 9.17) is 10.3 Å². The molecule has 0 spiro atoms. The van der Waals surface area contributed by atoms with Gasteiger partial charge in [-0.2, -0.15) is 8.42 Å². The molecule has 0 aliphatic carbocycles. The molecule has 3 N–H and O–H groups in total. The molecule has 1 amide bonds. The Hall–Kier alpha value is -2.00. The van der Waals surface area contributed by atoms with Crippen LogP contribution in [0.15, 0.2) is 23.1 Å². The van der Waals surface area contributed by atoms with E-state index >= 15 is 0 Å². The minimum atomic E-state index is -4.63. The largest absolute Gasteiger partial charge is 0.366 e. The van der Waals surface area contributed by atoms with Gasteiger partial charge in [0.15, 0.2) is 0 Å². The Morgan fingerprint density at radius 1 is 1.38 bits per heavy atom. The molecule has 8 nitrogen and oxygen atoms in total. The van der Waals surface area contributed by atoms with Crippen LogP contribution in [0.1, 0.15) is 10.4 Å². The Kier molecular flexibility index (Phi) is 2.92. The van der Waals surface area contributed by atoms with Gasteiger partial charge in [0, 0.05) is 17.7 Å². The molecule has 1 rings (SSSR count). The predicted molar refractivity (Wildman–Crippen MR) is 51.4 cm³/mol. The second kappa shape index (κ2) is 3.87. The molecule has 0 fully saturated rings. The SMILES string of the molecule is NC(=O)c1cc([N+](=O)[O-])cc(S(=O)(=O)O)c1. The van der Waals surface area contributed by atoms with Crippen molar-refractivity contribution in [3.05, 3.63) is 33.9 Å². The van der Waals surface area contributed by atoms with Crippen LogP contribution in [0.2, 0.25) is 0 Å². The first kappa shape index (κ1) is 12.1. The van der Waals surface area contributed by atoms with Crippen molar-refractivity contribution >= 4 is 21.7 Å². The first-order chi connectivity index (χ1) is 7.21. The van der Waals surface area contributed by atoms with Crippen LogP contribution in [0.25, 0.3) is 0 Å². The van der Waals surface area contributed by atoms with E-state index in [-0.39, 0.29) is 5.56 Å². The highest BCUT2D eigenvalue weighted by atomic mass is 32.2. The van der Waals surface area contributed by atoms with E-state index in [0.29, 0.717) is 6.07 Å². The third-order valence-corrected chi connectivity index (χ3v) is 2.52. The number of benzene rings is 1. The number of rotatable bonds is 3. The third-order valence-electron chi connectivity index (χ3n) is 1.68. The number of non-ortho nitro benzene ring substituents is 1. The summed E-state index contributed by atoms with van der Waals surface area (Å²) in [6.45, 7) is 0. The third kappa shape index (κ3) is 2.52. The van der Waals surface area contributed by atoms with E-state index in [9.17, 15) is 23.3 Å². The molecule has 0 radical (unpaired) electrons. The van der Waals surface area contributed by atoms with Crippen molar-refractivity contribution in [1.82, 2.24) is 0 Å². The fourth-order valence-corrected chi connectivity index (χ4v) is 1.53. The van der Waals surface area contributed by atoms with E-state index < -0.39 is 31.5 Å². The standard InChI is InChI=1S/C7H6N2O6S/c8-7(10)4-1-5(9(11)12)3-6(2-4)16(13,14)15/h1-3H,(H2,8,10)(H,13,14,15). The van der Waals surface area contributed by atoms with Crippen LogP contribution in [-0.2, 0) is 10.1 Å². The molecule has 0 aromatic heterocycles. The summed E-state index contributed by atoms with van der Waals surface area (Å²) in [6, 6.07) is 2.20. The van der Waals surface area contributed by atoms with Gasteiger partial charge in [-0.05, 0) is 6.07 Å². The van der Waals surface area contributed by atoms with Crippen molar-refractivity contribution < 1.29 is 22.7 Å². The second-order valence-corrected chi connectivity index (χ2v) is 4.23. The van der Waals surface area contributed by atoms with Gasteiger partial charge < -0.3 is 5.73 Å². The quantitative estimate of drug-likeness (QED) is 0.434. The Morgan fingerprint density at radius 3 is 2.31 bits per heavy atom. The van der Waals surface area contributed by atoms with Gasteiger partial charge >= 0.3 is 0 Å². The topological polar surface area (TPSA) is 141 Å². The molecule has 0 heterocycles. The lowest BCUT2D eigenvalue weighted by Gasteiger charge is -2.00. The van der Waals surface area contributed by atoms with Crippen LogP contribution < -0.4 is 5.73 Å². The molecule has 0 aliphatic rings. The summed E-state index contributed by atoms with van der Waals surface area (Å²) in [5.41, 5.74) is 3.83. The molecule has 0 bridgehead atoms. The highest BCUT2D eigenvalue weighted by Crippen LogP contribution is 2.20. The zero-order chi connectivity index (χ0) is 12.5. The summed E-state index contributed by atoms with van der Waals surface area (Å²) in [4.78, 5) is 19.6. The van der Waals surface area contributed by atoms with Gasteiger partial charge in [-0.15, -0.1) is 0 Å². The lowest BCUT2D eigenvalue weighted by molar-refractivity contribution is -0.385. The highest BCUT2D eigenvalue weighted by molar-refractivity contribution is 7.85. The maximum atomic E-state index is 10.8. The number of nitrogens with two attached hydrogens (primary N) is 1. The molecule has 16 heavy (non-hydrogen) atoms. The summed E-state index contributed by atoms with van der Waals surface area (Å²) in [5.74, 6) is -1.03. The molecule has 1 aromatic carbocycles. The van der Waals surface area contributed by atoms with Crippen LogP contribution in [0.5, 0.6) is 0 Å². The molecule has 0 saturated heterocycles. The monoisotopic (exact) mass is 246 g/mol. The molecular weight excluding hydrogens is 240 g/mol. The van der Waals surface area contributed by atoms with E-state index in [1.54, 1.807) is 0 Å². The number of nitrogens with zero attached hydrogens (tertiary/aromatic N) is 1. The normalized spacial score (nSPS) is 11.1. The van der Waals surface area contributed by atoms with Crippen molar-refractivity contribution in [2.75, 3.05) is 0 Å². The van der Waals surface area contributed by atoms with Crippen LogP contribution in [0.3, 0.4) is 0 Å². The number of nitro groups is 1. The van der Waals surface area contributed by atoms with Gasteiger partial charge in [-0.25, -0.2) is 0 Å². The Labute approximate surface area is 89.6 Å². The van der Waals surface area contributed by atoms with Crippen LogP contribution in [0, 0.1) is 10.1 Å². The smallest absolute Gasteiger partial charge is 0.294 e. The number of nitro benzene ring substituents is 1. The maximum Gasteiger partial charge on any atom is 0.294 e. The number of amides is 1. The molecule has 9 heteroatoms. The van der Waals surface area contributed by atoms with Crippen molar-refractivity contribution in [3.63, 3.8) is 0 Å². The molecule has 0 atom stereocenters. The van der Waals surface area contributed by atoms with E-state index in [1.165, 1.54) is 0 Å². The predicted octanol–water partition coefficient (Wildman–Crippen LogP) is -0.0596.